The Morgan fingerprint density at radius 1 is 1.00 bits per heavy atom. The number of hydrogen-bond acceptors (Lipinski definition) is 2. The number of ether oxygens (including phenoxy) is 1. The first-order valence-corrected chi connectivity index (χ1v) is 8.37. The topological polar surface area (TPSA) is 27.1 Å². The van der Waals surface area contributed by atoms with Crippen LogP contribution in [0.15, 0.2) is 63.8 Å². The van der Waals surface area contributed by atoms with Gasteiger partial charge in [-0.15, -0.1) is 0 Å². The minimum atomic E-state index is 0.751. The fraction of sp³-hybridized carbons (Fsp3) is 0.118. The maximum absolute atomic E-state index is 5.21. The number of benzene rings is 2. The quantitative estimate of drug-likeness (QED) is 0.583. The molecule has 0 N–H and O–H groups in total. The van der Waals surface area contributed by atoms with E-state index in [2.05, 4.69) is 53.5 Å². The average molecular weight is 422 g/mol. The molecule has 0 saturated carbocycles. The molecule has 0 aliphatic carbocycles. The smallest absolute Gasteiger partial charge is 0.142 e. The molecule has 0 radical (unpaired) electrons. The summed E-state index contributed by atoms with van der Waals surface area (Å²) in [6.45, 7) is 0.751. The van der Waals surface area contributed by atoms with Gasteiger partial charge in [-0.1, -0.05) is 30.3 Å². The van der Waals surface area contributed by atoms with Crippen LogP contribution in [0.3, 0.4) is 0 Å². The van der Waals surface area contributed by atoms with Crippen molar-refractivity contribution in [2.75, 3.05) is 7.11 Å². The van der Waals surface area contributed by atoms with E-state index in [4.69, 9.17) is 4.74 Å². The van der Waals surface area contributed by atoms with Gasteiger partial charge in [0.25, 0.3) is 0 Å². The molecule has 2 aromatic carbocycles. The molecule has 112 valence electrons. The van der Waals surface area contributed by atoms with Gasteiger partial charge in [0, 0.05) is 5.56 Å². The average Bonchev–Trinajstić information content (AvgIpc) is 2.84. The molecule has 0 unspecified atom stereocenters. The van der Waals surface area contributed by atoms with Crippen molar-refractivity contribution in [2.45, 2.75) is 6.54 Å². The highest BCUT2D eigenvalue weighted by Crippen LogP contribution is 2.31. The third-order valence-electron chi connectivity index (χ3n) is 3.40. The van der Waals surface area contributed by atoms with Gasteiger partial charge in [-0.05, 0) is 61.7 Å². The van der Waals surface area contributed by atoms with Gasteiger partial charge in [0.1, 0.15) is 20.8 Å². The zero-order chi connectivity index (χ0) is 15.5. The summed E-state index contributed by atoms with van der Waals surface area (Å²) < 4.78 is 9.09. The molecule has 22 heavy (non-hydrogen) atoms. The number of imidazole rings is 1. The van der Waals surface area contributed by atoms with Crippen molar-refractivity contribution in [1.82, 2.24) is 9.55 Å². The van der Waals surface area contributed by atoms with E-state index >= 15 is 0 Å². The van der Waals surface area contributed by atoms with Gasteiger partial charge >= 0.3 is 0 Å². The Balaban J connectivity index is 2.02. The zero-order valence-corrected chi connectivity index (χ0v) is 15.1. The molecule has 0 amide bonds. The fourth-order valence-corrected chi connectivity index (χ4v) is 3.04. The van der Waals surface area contributed by atoms with E-state index in [0.29, 0.717) is 0 Å². The first-order valence-electron chi connectivity index (χ1n) is 6.79. The van der Waals surface area contributed by atoms with Crippen molar-refractivity contribution in [3.8, 4) is 17.1 Å². The molecule has 0 bridgehead atoms. The Hall–Kier alpha value is -1.59. The Kier molecular flexibility index (Phi) is 4.64. The summed E-state index contributed by atoms with van der Waals surface area (Å²) in [5, 5.41) is 0. The molecule has 3 rings (SSSR count). The second-order valence-electron chi connectivity index (χ2n) is 4.82. The van der Waals surface area contributed by atoms with E-state index < -0.39 is 0 Å². The van der Waals surface area contributed by atoms with Gasteiger partial charge in [-0.2, -0.15) is 0 Å². The predicted octanol–water partition coefficient (Wildman–Crippen LogP) is 5.13. The van der Waals surface area contributed by atoms with Crippen LogP contribution in [0, 0.1) is 0 Å². The number of nitrogens with zero attached hydrogens (tertiary/aromatic N) is 2. The lowest BCUT2D eigenvalue weighted by Gasteiger charge is -2.10. The van der Waals surface area contributed by atoms with Gasteiger partial charge in [0.15, 0.2) is 0 Å². The summed E-state index contributed by atoms with van der Waals surface area (Å²) in [6.07, 6.45) is 0. The van der Waals surface area contributed by atoms with Crippen molar-refractivity contribution in [3.63, 3.8) is 0 Å². The number of hydrogen-bond donors (Lipinski definition) is 0. The molecule has 0 aliphatic heterocycles. The Labute approximate surface area is 146 Å². The van der Waals surface area contributed by atoms with E-state index in [0.717, 1.165) is 32.9 Å². The van der Waals surface area contributed by atoms with Gasteiger partial charge in [-0.25, -0.2) is 4.98 Å². The first kappa shape index (κ1) is 15.3. The molecular weight excluding hydrogens is 408 g/mol. The standard InChI is InChI=1S/C17H14Br2N2O/c1-22-14-9-7-13(8-10-14)17-20-15(18)16(19)21(17)11-12-5-3-2-4-6-12/h2-10H,11H2,1H3. The number of methoxy groups -OCH3 is 1. The lowest BCUT2D eigenvalue weighted by molar-refractivity contribution is 0.415. The summed E-state index contributed by atoms with van der Waals surface area (Å²) in [7, 11) is 1.67. The molecule has 1 aromatic heterocycles. The summed E-state index contributed by atoms with van der Waals surface area (Å²) in [6, 6.07) is 18.2. The van der Waals surface area contributed by atoms with Gasteiger partial charge in [0.2, 0.25) is 0 Å². The van der Waals surface area contributed by atoms with Crippen molar-refractivity contribution < 1.29 is 4.74 Å². The highest BCUT2D eigenvalue weighted by Gasteiger charge is 2.15. The van der Waals surface area contributed by atoms with E-state index in [-0.39, 0.29) is 0 Å². The third-order valence-corrected chi connectivity index (χ3v) is 5.29. The fourth-order valence-electron chi connectivity index (χ4n) is 2.27. The summed E-state index contributed by atoms with van der Waals surface area (Å²) in [5.41, 5.74) is 2.27. The lowest BCUT2D eigenvalue weighted by Crippen LogP contribution is -2.02. The minimum Gasteiger partial charge on any atom is -0.497 e. The molecule has 0 aliphatic rings. The molecule has 1 heterocycles. The maximum Gasteiger partial charge on any atom is 0.142 e. The first-order chi connectivity index (χ1) is 10.7. The monoisotopic (exact) mass is 420 g/mol. The molecule has 5 heteroatoms. The van der Waals surface area contributed by atoms with E-state index in [9.17, 15) is 0 Å². The van der Waals surface area contributed by atoms with E-state index in [1.807, 2.05) is 42.5 Å². The second kappa shape index (κ2) is 6.67. The Morgan fingerprint density at radius 3 is 2.32 bits per heavy atom. The maximum atomic E-state index is 5.21. The van der Waals surface area contributed by atoms with Crippen molar-refractivity contribution >= 4 is 31.9 Å². The summed E-state index contributed by atoms with van der Waals surface area (Å²) >= 11 is 7.12. The predicted molar refractivity (Wildman–Crippen MR) is 95.2 cm³/mol. The molecule has 0 saturated heterocycles. The summed E-state index contributed by atoms with van der Waals surface area (Å²) in [5.74, 6) is 1.74. The SMILES string of the molecule is COc1ccc(-c2nc(Br)c(Br)n2Cc2ccccc2)cc1. The van der Waals surface area contributed by atoms with Gasteiger partial charge in [-0.3, -0.25) is 0 Å². The largest absolute Gasteiger partial charge is 0.497 e. The van der Waals surface area contributed by atoms with Crippen LogP contribution in [0.1, 0.15) is 5.56 Å². The van der Waals surface area contributed by atoms with E-state index in [1.165, 1.54) is 5.56 Å². The van der Waals surface area contributed by atoms with Gasteiger partial charge < -0.3 is 9.30 Å². The third kappa shape index (κ3) is 3.10. The van der Waals surface area contributed by atoms with Crippen molar-refractivity contribution in [3.05, 3.63) is 69.4 Å². The second-order valence-corrected chi connectivity index (χ2v) is 6.32. The Bertz CT molecular complexity index is 767. The number of halogens is 2. The van der Waals surface area contributed by atoms with Crippen molar-refractivity contribution in [1.29, 1.82) is 0 Å². The van der Waals surface area contributed by atoms with Crippen molar-refractivity contribution in [2.24, 2.45) is 0 Å². The van der Waals surface area contributed by atoms with Crippen LogP contribution in [0.25, 0.3) is 11.4 Å². The van der Waals surface area contributed by atoms with Crippen LogP contribution in [0.5, 0.6) is 5.75 Å². The van der Waals surface area contributed by atoms with Crippen LogP contribution >= 0.6 is 31.9 Å². The van der Waals surface area contributed by atoms with Crippen LogP contribution in [0.2, 0.25) is 0 Å². The number of rotatable bonds is 4. The summed E-state index contributed by atoms with van der Waals surface area (Å²) in [4.78, 5) is 4.62. The van der Waals surface area contributed by atoms with E-state index in [1.54, 1.807) is 7.11 Å². The highest BCUT2D eigenvalue weighted by atomic mass is 79.9. The van der Waals surface area contributed by atoms with Crippen LogP contribution in [0.4, 0.5) is 0 Å². The molecule has 0 spiro atoms. The number of aromatic nitrogens is 2. The minimum absolute atomic E-state index is 0.751. The van der Waals surface area contributed by atoms with Crippen LogP contribution in [-0.4, -0.2) is 16.7 Å². The Morgan fingerprint density at radius 2 is 1.68 bits per heavy atom. The molecule has 3 nitrogen and oxygen atoms in total. The normalized spacial score (nSPS) is 10.7. The van der Waals surface area contributed by atoms with Crippen LogP contribution < -0.4 is 4.74 Å². The molecule has 3 aromatic rings. The van der Waals surface area contributed by atoms with Gasteiger partial charge in [0.05, 0.1) is 13.7 Å². The molecular formula is C17H14Br2N2O. The highest BCUT2D eigenvalue weighted by molar-refractivity contribution is 9.13. The zero-order valence-electron chi connectivity index (χ0n) is 12.0. The lowest BCUT2D eigenvalue weighted by atomic mass is 10.2. The molecule has 0 fully saturated rings. The molecule has 0 atom stereocenters. The van der Waals surface area contributed by atoms with Crippen LogP contribution in [-0.2, 0) is 6.54 Å².